The molecule has 21 heavy (non-hydrogen) atoms. The first-order valence-corrected chi connectivity index (χ1v) is 7.91. The molecule has 120 valence electrons. The highest BCUT2D eigenvalue weighted by Gasteiger charge is 2.51. The molecular weight excluding hydrogens is 283 g/mol. The van der Waals surface area contributed by atoms with Crippen molar-refractivity contribution in [3.05, 3.63) is 0 Å². The number of likely N-dealkylation sites (tertiary alicyclic amines) is 1. The third-order valence-electron chi connectivity index (χ3n) is 5.63. The van der Waals surface area contributed by atoms with E-state index < -0.39 is 24.1 Å². The number of aliphatic hydroxyl groups is 1. The maximum absolute atomic E-state index is 13.1. The summed E-state index contributed by atoms with van der Waals surface area (Å²) in [5.41, 5.74) is 0. The maximum Gasteiger partial charge on any atom is 0.392 e. The zero-order valence-electron chi connectivity index (χ0n) is 12.0. The SMILES string of the molecule is O=C(C1CCCCC1C(F)(F)F)N1CC2CCC(O)C2C1. The van der Waals surface area contributed by atoms with Crippen LogP contribution in [-0.2, 0) is 4.79 Å². The average Bonchev–Trinajstić information content (AvgIpc) is 3.00. The van der Waals surface area contributed by atoms with E-state index in [1.165, 1.54) is 0 Å². The molecular formula is C15H22F3NO2. The molecule has 1 N–H and O–H groups in total. The summed E-state index contributed by atoms with van der Waals surface area (Å²) >= 11 is 0. The molecule has 0 aromatic carbocycles. The van der Waals surface area contributed by atoms with Crippen LogP contribution in [0.4, 0.5) is 13.2 Å². The molecule has 3 nitrogen and oxygen atoms in total. The number of hydrogen-bond donors (Lipinski definition) is 1. The zero-order valence-corrected chi connectivity index (χ0v) is 12.0. The van der Waals surface area contributed by atoms with E-state index in [9.17, 15) is 23.1 Å². The largest absolute Gasteiger partial charge is 0.393 e. The van der Waals surface area contributed by atoms with Crippen molar-refractivity contribution >= 4 is 5.91 Å². The highest BCUT2D eigenvalue weighted by molar-refractivity contribution is 5.79. The quantitative estimate of drug-likeness (QED) is 0.809. The van der Waals surface area contributed by atoms with E-state index in [1.807, 2.05) is 0 Å². The van der Waals surface area contributed by atoms with Gasteiger partial charge in [0.15, 0.2) is 0 Å². The van der Waals surface area contributed by atoms with E-state index in [0.29, 0.717) is 32.4 Å². The molecule has 3 fully saturated rings. The second-order valence-corrected chi connectivity index (χ2v) is 6.85. The smallest absolute Gasteiger partial charge is 0.392 e. The minimum atomic E-state index is -4.28. The lowest BCUT2D eigenvalue weighted by Gasteiger charge is -2.34. The number of hydrogen-bond acceptors (Lipinski definition) is 2. The lowest BCUT2D eigenvalue weighted by atomic mass is 9.78. The molecule has 1 aliphatic heterocycles. The monoisotopic (exact) mass is 305 g/mol. The fourth-order valence-corrected chi connectivity index (χ4v) is 4.47. The number of nitrogens with zero attached hydrogens (tertiary/aromatic N) is 1. The summed E-state index contributed by atoms with van der Waals surface area (Å²) < 4.78 is 39.4. The van der Waals surface area contributed by atoms with Gasteiger partial charge in [-0.2, -0.15) is 13.2 Å². The topological polar surface area (TPSA) is 40.5 Å². The Morgan fingerprint density at radius 1 is 1.05 bits per heavy atom. The van der Waals surface area contributed by atoms with Crippen molar-refractivity contribution in [3.63, 3.8) is 0 Å². The van der Waals surface area contributed by atoms with E-state index in [-0.39, 0.29) is 24.2 Å². The standard InChI is InChI=1S/C15H22F3NO2/c16-15(17,18)12-4-2-1-3-10(12)14(21)19-7-9-5-6-13(20)11(9)8-19/h9-13,20H,1-8H2. The molecule has 1 heterocycles. The Balaban J connectivity index is 1.69. The van der Waals surface area contributed by atoms with Gasteiger partial charge in [-0.3, -0.25) is 4.79 Å². The molecule has 3 aliphatic rings. The summed E-state index contributed by atoms with van der Waals surface area (Å²) in [5.74, 6) is -2.38. The number of alkyl halides is 3. The van der Waals surface area contributed by atoms with Crippen molar-refractivity contribution in [1.29, 1.82) is 0 Å². The Labute approximate surface area is 122 Å². The van der Waals surface area contributed by atoms with E-state index in [1.54, 1.807) is 4.90 Å². The Kier molecular flexibility index (Phi) is 3.93. The summed E-state index contributed by atoms with van der Waals surface area (Å²) in [4.78, 5) is 14.1. The fraction of sp³-hybridized carbons (Fsp3) is 0.933. The van der Waals surface area contributed by atoms with Crippen LogP contribution < -0.4 is 0 Å². The Morgan fingerprint density at radius 3 is 2.43 bits per heavy atom. The molecule has 5 unspecified atom stereocenters. The number of carbonyl (C=O) groups is 1. The van der Waals surface area contributed by atoms with Gasteiger partial charge in [-0.15, -0.1) is 0 Å². The highest BCUT2D eigenvalue weighted by atomic mass is 19.4. The van der Waals surface area contributed by atoms with Crippen molar-refractivity contribution in [2.45, 2.75) is 50.8 Å². The van der Waals surface area contributed by atoms with Gasteiger partial charge in [-0.1, -0.05) is 12.8 Å². The second-order valence-electron chi connectivity index (χ2n) is 6.85. The molecule has 1 saturated heterocycles. The summed E-state index contributed by atoms with van der Waals surface area (Å²) in [6.45, 7) is 0.966. The molecule has 0 spiro atoms. The minimum Gasteiger partial charge on any atom is -0.393 e. The van der Waals surface area contributed by atoms with Crippen LogP contribution in [-0.4, -0.2) is 41.3 Å². The maximum atomic E-state index is 13.1. The van der Waals surface area contributed by atoms with E-state index in [0.717, 1.165) is 12.8 Å². The van der Waals surface area contributed by atoms with E-state index >= 15 is 0 Å². The third kappa shape index (κ3) is 2.79. The summed E-state index contributed by atoms with van der Waals surface area (Å²) in [7, 11) is 0. The number of carbonyl (C=O) groups excluding carboxylic acids is 1. The van der Waals surface area contributed by atoms with Crippen LogP contribution >= 0.6 is 0 Å². The molecule has 0 radical (unpaired) electrons. The Morgan fingerprint density at radius 2 is 1.76 bits per heavy atom. The molecule has 0 bridgehead atoms. The van der Waals surface area contributed by atoms with Gasteiger partial charge in [0.25, 0.3) is 0 Å². The van der Waals surface area contributed by atoms with Crippen molar-refractivity contribution in [2.75, 3.05) is 13.1 Å². The van der Waals surface area contributed by atoms with Gasteiger partial charge in [-0.05, 0) is 31.6 Å². The Bertz CT molecular complexity index is 412. The number of rotatable bonds is 1. The van der Waals surface area contributed by atoms with Crippen LogP contribution in [0.3, 0.4) is 0 Å². The lowest BCUT2D eigenvalue weighted by molar-refractivity contribution is -0.200. The lowest BCUT2D eigenvalue weighted by Crippen LogP contribution is -2.44. The number of aliphatic hydroxyl groups excluding tert-OH is 1. The molecule has 0 aromatic rings. The van der Waals surface area contributed by atoms with Gasteiger partial charge in [0.2, 0.25) is 5.91 Å². The number of amides is 1. The van der Waals surface area contributed by atoms with Crippen LogP contribution in [0.5, 0.6) is 0 Å². The summed E-state index contributed by atoms with van der Waals surface area (Å²) in [6.07, 6.45) is -1.37. The predicted molar refractivity (Wildman–Crippen MR) is 70.3 cm³/mol. The third-order valence-corrected chi connectivity index (χ3v) is 5.63. The first kappa shape index (κ1) is 15.1. The molecule has 0 aromatic heterocycles. The number of halogens is 3. The van der Waals surface area contributed by atoms with Crippen LogP contribution in [0.25, 0.3) is 0 Å². The van der Waals surface area contributed by atoms with Crippen LogP contribution in [0.15, 0.2) is 0 Å². The highest BCUT2D eigenvalue weighted by Crippen LogP contribution is 2.44. The molecule has 1 amide bonds. The molecule has 3 rings (SSSR count). The van der Waals surface area contributed by atoms with Crippen LogP contribution in [0, 0.1) is 23.7 Å². The normalized spacial score (nSPS) is 40.4. The predicted octanol–water partition coefficient (Wildman–Crippen LogP) is 2.58. The van der Waals surface area contributed by atoms with Crippen molar-refractivity contribution in [2.24, 2.45) is 23.7 Å². The second kappa shape index (κ2) is 5.45. The molecule has 2 aliphatic carbocycles. The van der Waals surface area contributed by atoms with E-state index in [4.69, 9.17) is 0 Å². The summed E-state index contributed by atoms with van der Waals surface area (Å²) in [6, 6.07) is 0. The molecule has 6 heteroatoms. The van der Waals surface area contributed by atoms with E-state index in [2.05, 4.69) is 0 Å². The zero-order chi connectivity index (χ0) is 15.2. The first-order chi connectivity index (χ1) is 9.88. The molecule has 2 saturated carbocycles. The van der Waals surface area contributed by atoms with Gasteiger partial charge in [0.1, 0.15) is 0 Å². The van der Waals surface area contributed by atoms with Gasteiger partial charge < -0.3 is 10.0 Å². The minimum absolute atomic E-state index is 0.0712. The first-order valence-electron chi connectivity index (χ1n) is 7.91. The van der Waals surface area contributed by atoms with Crippen molar-refractivity contribution < 1.29 is 23.1 Å². The van der Waals surface area contributed by atoms with Crippen LogP contribution in [0.1, 0.15) is 38.5 Å². The van der Waals surface area contributed by atoms with Crippen molar-refractivity contribution in [3.8, 4) is 0 Å². The summed E-state index contributed by atoms with van der Waals surface area (Å²) in [5, 5.41) is 9.87. The van der Waals surface area contributed by atoms with Crippen LogP contribution in [0.2, 0.25) is 0 Å². The van der Waals surface area contributed by atoms with Gasteiger partial charge in [0, 0.05) is 24.9 Å². The van der Waals surface area contributed by atoms with Gasteiger partial charge in [-0.25, -0.2) is 0 Å². The number of fused-ring (bicyclic) bond motifs is 1. The average molecular weight is 305 g/mol. The fourth-order valence-electron chi connectivity index (χ4n) is 4.47. The van der Waals surface area contributed by atoms with Gasteiger partial charge in [0.05, 0.1) is 12.0 Å². The van der Waals surface area contributed by atoms with Crippen molar-refractivity contribution in [1.82, 2.24) is 4.90 Å². The molecule has 5 atom stereocenters. The Hall–Kier alpha value is -0.780. The van der Waals surface area contributed by atoms with Gasteiger partial charge >= 0.3 is 6.18 Å².